The van der Waals surface area contributed by atoms with Gasteiger partial charge in [0.05, 0.1) is 30.9 Å². The van der Waals surface area contributed by atoms with Crippen LogP contribution in [-0.2, 0) is 19.9 Å². The monoisotopic (exact) mass is 473 g/mol. The van der Waals surface area contributed by atoms with Crippen LogP contribution in [0, 0.1) is 0 Å². The summed E-state index contributed by atoms with van der Waals surface area (Å²) in [6.45, 7) is 1.20. The summed E-state index contributed by atoms with van der Waals surface area (Å²) in [4.78, 5) is 51.5. The Hall–Kier alpha value is -3.63. The van der Waals surface area contributed by atoms with Gasteiger partial charge in [-0.05, 0) is 43.8 Å². The van der Waals surface area contributed by atoms with E-state index in [1.807, 2.05) is 0 Å². The van der Waals surface area contributed by atoms with Gasteiger partial charge in [-0.15, -0.1) is 0 Å². The number of urea groups is 1. The van der Waals surface area contributed by atoms with Crippen molar-refractivity contribution < 1.29 is 23.9 Å². The lowest BCUT2D eigenvalue weighted by atomic mass is 9.92. The fourth-order valence-electron chi connectivity index (χ4n) is 3.33. The van der Waals surface area contributed by atoms with Gasteiger partial charge in [-0.25, -0.2) is 4.79 Å². The average Bonchev–Trinajstić information content (AvgIpc) is 2.99. The number of rotatable bonds is 8. The van der Waals surface area contributed by atoms with Gasteiger partial charge in [0.25, 0.3) is 11.8 Å². The van der Waals surface area contributed by atoms with Crippen LogP contribution in [0.25, 0.3) is 0 Å². The second-order valence-corrected chi connectivity index (χ2v) is 8.07. The summed E-state index contributed by atoms with van der Waals surface area (Å²) in [6.07, 6.45) is 0. The van der Waals surface area contributed by atoms with E-state index in [4.69, 9.17) is 16.3 Å². The van der Waals surface area contributed by atoms with Crippen molar-refractivity contribution >= 4 is 41.0 Å². The van der Waals surface area contributed by atoms with Crippen molar-refractivity contribution in [3.63, 3.8) is 0 Å². The molecule has 11 heteroatoms. The molecule has 1 aliphatic rings. The molecule has 3 rings (SSSR count). The number of para-hydroxylation sites is 1. The van der Waals surface area contributed by atoms with Crippen LogP contribution in [0.2, 0.25) is 5.02 Å². The highest BCUT2D eigenvalue weighted by Crippen LogP contribution is 2.30. The standard InChI is InChI=1S/C22H24ClN5O5/c1-22(14-7-6-8-15(11-14)33-3)20(31)28(21(32)25-22)26-19(30)13-27(2)12-18(29)24-17-10-5-4-9-16(17)23/h4-11H,12-13H2,1-3H3,(H,24,29)(H,25,32)(H,26,30). The second kappa shape index (κ2) is 9.88. The molecule has 0 aliphatic carbocycles. The summed E-state index contributed by atoms with van der Waals surface area (Å²) >= 11 is 6.02. The molecule has 1 heterocycles. The van der Waals surface area contributed by atoms with Crippen molar-refractivity contribution in [2.75, 3.05) is 32.6 Å². The Labute approximate surface area is 195 Å². The molecule has 0 bridgehead atoms. The molecule has 3 N–H and O–H groups in total. The Kier molecular flexibility index (Phi) is 7.19. The van der Waals surface area contributed by atoms with Crippen molar-refractivity contribution in [2.24, 2.45) is 0 Å². The summed E-state index contributed by atoms with van der Waals surface area (Å²) in [6, 6.07) is 12.7. The van der Waals surface area contributed by atoms with Crippen LogP contribution in [-0.4, -0.2) is 60.9 Å². The SMILES string of the molecule is COc1cccc(C2(C)NC(=O)N(NC(=O)CN(C)CC(=O)Nc3ccccc3Cl)C2=O)c1. The predicted molar refractivity (Wildman–Crippen MR) is 121 cm³/mol. The van der Waals surface area contributed by atoms with E-state index in [-0.39, 0.29) is 19.0 Å². The average molecular weight is 474 g/mol. The van der Waals surface area contributed by atoms with Gasteiger partial charge < -0.3 is 15.4 Å². The Bertz CT molecular complexity index is 1090. The summed E-state index contributed by atoms with van der Waals surface area (Å²) in [5.41, 5.74) is 1.89. The first-order valence-electron chi connectivity index (χ1n) is 9.97. The molecule has 174 valence electrons. The number of nitrogens with one attached hydrogen (secondary N) is 3. The first kappa shape index (κ1) is 24.0. The van der Waals surface area contributed by atoms with E-state index >= 15 is 0 Å². The van der Waals surface area contributed by atoms with Gasteiger partial charge in [0.1, 0.15) is 11.3 Å². The number of benzene rings is 2. The maximum Gasteiger partial charge on any atom is 0.344 e. The van der Waals surface area contributed by atoms with Crippen LogP contribution in [0.4, 0.5) is 10.5 Å². The zero-order chi connectivity index (χ0) is 24.2. The number of anilines is 1. The van der Waals surface area contributed by atoms with E-state index < -0.39 is 23.4 Å². The maximum atomic E-state index is 13.0. The lowest BCUT2D eigenvalue weighted by Gasteiger charge is -2.23. The minimum absolute atomic E-state index is 0.111. The van der Waals surface area contributed by atoms with Crippen molar-refractivity contribution in [1.82, 2.24) is 20.7 Å². The Balaban J connectivity index is 1.58. The number of hydrogen-bond acceptors (Lipinski definition) is 6. The molecule has 0 saturated carbocycles. The number of carbonyl (C=O) groups is 4. The summed E-state index contributed by atoms with van der Waals surface area (Å²) in [7, 11) is 3.05. The molecule has 5 amide bonds. The minimum atomic E-state index is -1.38. The molecule has 2 aromatic carbocycles. The first-order chi connectivity index (χ1) is 15.6. The normalized spacial score (nSPS) is 17.7. The minimum Gasteiger partial charge on any atom is -0.497 e. The summed E-state index contributed by atoms with van der Waals surface area (Å²) in [5, 5.41) is 6.29. The molecule has 0 spiro atoms. The fraction of sp³-hybridized carbons (Fsp3) is 0.273. The molecule has 1 aliphatic heterocycles. The Morgan fingerprint density at radius 2 is 1.82 bits per heavy atom. The van der Waals surface area contributed by atoms with Crippen molar-refractivity contribution in [3.05, 3.63) is 59.1 Å². The number of imide groups is 1. The molecule has 1 unspecified atom stereocenters. The van der Waals surface area contributed by atoms with Gasteiger partial charge in [-0.3, -0.25) is 24.7 Å². The van der Waals surface area contributed by atoms with Crippen molar-refractivity contribution in [2.45, 2.75) is 12.5 Å². The number of carbonyl (C=O) groups excluding carboxylic acids is 4. The molecule has 1 fully saturated rings. The highest BCUT2D eigenvalue weighted by molar-refractivity contribution is 6.33. The van der Waals surface area contributed by atoms with Gasteiger partial charge in [0.2, 0.25) is 5.91 Å². The summed E-state index contributed by atoms with van der Waals surface area (Å²) < 4.78 is 5.18. The molecule has 1 atom stereocenters. The smallest absolute Gasteiger partial charge is 0.344 e. The highest BCUT2D eigenvalue weighted by Gasteiger charge is 2.50. The zero-order valence-corrected chi connectivity index (χ0v) is 19.1. The van der Waals surface area contributed by atoms with Gasteiger partial charge in [-0.1, -0.05) is 35.9 Å². The zero-order valence-electron chi connectivity index (χ0n) is 18.3. The molecular weight excluding hydrogens is 450 g/mol. The number of amides is 5. The number of methoxy groups -OCH3 is 1. The third-order valence-corrected chi connectivity index (χ3v) is 5.38. The second-order valence-electron chi connectivity index (χ2n) is 7.66. The van der Waals surface area contributed by atoms with Crippen LogP contribution in [0.5, 0.6) is 5.75 Å². The molecule has 1 saturated heterocycles. The Morgan fingerprint density at radius 1 is 1.12 bits per heavy atom. The molecule has 2 aromatic rings. The molecule has 0 radical (unpaired) electrons. The molecule has 33 heavy (non-hydrogen) atoms. The van der Waals surface area contributed by atoms with Gasteiger partial charge in [0, 0.05) is 0 Å². The summed E-state index contributed by atoms with van der Waals surface area (Å²) in [5.74, 6) is -1.14. The van der Waals surface area contributed by atoms with Crippen LogP contribution in [0.1, 0.15) is 12.5 Å². The quantitative estimate of drug-likeness (QED) is 0.502. The van der Waals surface area contributed by atoms with Crippen LogP contribution in [0.15, 0.2) is 48.5 Å². The van der Waals surface area contributed by atoms with E-state index in [9.17, 15) is 19.2 Å². The number of hydrazine groups is 1. The van der Waals surface area contributed by atoms with E-state index in [0.29, 0.717) is 27.0 Å². The van der Waals surface area contributed by atoms with Crippen LogP contribution >= 0.6 is 11.6 Å². The lowest BCUT2D eigenvalue weighted by Crippen LogP contribution is -2.50. The van der Waals surface area contributed by atoms with Gasteiger partial charge >= 0.3 is 6.03 Å². The first-order valence-corrected chi connectivity index (χ1v) is 10.4. The van der Waals surface area contributed by atoms with Crippen LogP contribution in [0.3, 0.4) is 0 Å². The number of nitrogens with zero attached hydrogens (tertiary/aromatic N) is 2. The fourth-order valence-corrected chi connectivity index (χ4v) is 3.51. The van der Waals surface area contributed by atoms with Crippen molar-refractivity contribution in [3.8, 4) is 5.75 Å². The van der Waals surface area contributed by atoms with E-state index in [1.54, 1.807) is 62.5 Å². The van der Waals surface area contributed by atoms with Gasteiger partial charge in [0.15, 0.2) is 0 Å². The van der Waals surface area contributed by atoms with Gasteiger partial charge in [-0.2, -0.15) is 5.01 Å². The number of halogens is 1. The van der Waals surface area contributed by atoms with Crippen LogP contribution < -0.4 is 20.8 Å². The molecule has 10 nitrogen and oxygen atoms in total. The third kappa shape index (κ3) is 5.41. The highest BCUT2D eigenvalue weighted by atomic mass is 35.5. The lowest BCUT2D eigenvalue weighted by molar-refractivity contribution is -0.139. The van der Waals surface area contributed by atoms with E-state index in [0.717, 1.165) is 0 Å². The number of likely N-dealkylation sites (N-methyl/N-ethyl adjacent to an activating group) is 1. The molecular formula is C22H24ClN5O5. The number of hydrogen-bond donors (Lipinski definition) is 3. The Morgan fingerprint density at radius 3 is 2.52 bits per heavy atom. The van der Waals surface area contributed by atoms with E-state index in [2.05, 4.69) is 16.1 Å². The third-order valence-electron chi connectivity index (χ3n) is 5.05. The topological polar surface area (TPSA) is 120 Å². The predicted octanol–water partition coefficient (Wildman–Crippen LogP) is 1.72. The maximum absolute atomic E-state index is 13.0. The van der Waals surface area contributed by atoms with E-state index in [1.165, 1.54) is 12.0 Å². The van der Waals surface area contributed by atoms with Crippen molar-refractivity contribution in [1.29, 1.82) is 0 Å². The largest absolute Gasteiger partial charge is 0.497 e. The molecule has 0 aromatic heterocycles. The number of ether oxygens (including phenoxy) is 1.